The Hall–Kier alpha value is -2.59. The van der Waals surface area contributed by atoms with Crippen molar-refractivity contribution in [3.8, 4) is 6.07 Å². The number of anilines is 2. The van der Waals surface area contributed by atoms with E-state index < -0.39 is 0 Å². The molecule has 0 atom stereocenters. The number of carbonyl (C=O) groups is 1. The molecule has 1 N–H and O–H groups in total. The van der Waals surface area contributed by atoms with Gasteiger partial charge in [-0.15, -0.1) is 0 Å². The zero-order valence-electron chi connectivity index (χ0n) is 16.5. The van der Waals surface area contributed by atoms with Gasteiger partial charge in [-0.05, 0) is 68.7 Å². The number of carbonyl (C=O) groups excluding carboxylic acids is 1. The molecule has 0 radical (unpaired) electrons. The highest BCUT2D eigenvalue weighted by Crippen LogP contribution is 2.27. The van der Waals surface area contributed by atoms with Crippen molar-refractivity contribution in [1.82, 2.24) is 9.97 Å². The number of thioether (sulfide) groups is 1. The van der Waals surface area contributed by atoms with Gasteiger partial charge in [-0.3, -0.25) is 4.79 Å². The number of hydrogen-bond donors (Lipinski definition) is 1. The maximum atomic E-state index is 12.4. The second-order valence-electron chi connectivity index (χ2n) is 7.56. The summed E-state index contributed by atoms with van der Waals surface area (Å²) in [5, 5.41) is 13.0. The first-order valence-corrected chi connectivity index (χ1v) is 11.3. The minimum absolute atomic E-state index is 0.120. The molecule has 0 spiro atoms. The number of nitriles is 1. The third kappa shape index (κ3) is 4.88. The number of rotatable bonds is 5. The lowest BCUT2D eigenvalue weighted by atomic mass is 9.95. The van der Waals surface area contributed by atoms with Crippen LogP contribution in [0.4, 0.5) is 11.5 Å². The Morgan fingerprint density at radius 3 is 2.76 bits per heavy atom. The molecule has 0 aromatic carbocycles. The van der Waals surface area contributed by atoms with Crippen LogP contribution in [-0.4, -0.2) is 34.7 Å². The summed E-state index contributed by atoms with van der Waals surface area (Å²) in [5.74, 6) is 1.06. The normalized spacial score (nSPS) is 16.0. The third-order valence-electron chi connectivity index (χ3n) is 5.44. The molecule has 6 nitrogen and oxygen atoms in total. The maximum Gasteiger partial charge on any atom is 0.234 e. The second-order valence-corrected chi connectivity index (χ2v) is 8.52. The molecule has 3 heterocycles. The Balaban J connectivity index is 1.35. The standard InChI is InChI=1S/C22H25N5OS/c23-13-17-12-16-6-2-3-7-19(16)26-22(17)29-15-21(28)25-18-8-9-20(24-14-18)27-10-4-1-5-11-27/h8-9,12,14H,1-7,10-11,15H2,(H,25,28). The van der Waals surface area contributed by atoms with E-state index in [1.165, 1.54) is 36.6 Å². The number of amides is 1. The minimum atomic E-state index is -0.120. The van der Waals surface area contributed by atoms with Crippen LogP contribution in [0.25, 0.3) is 0 Å². The lowest BCUT2D eigenvalue weighted by molar-refractivity contribution is -0.113. The largest absolute Gasteiger partial charge is 0.357 e. The molecule has 1 aliphatic heterocycles. The van der Waals surface area contributed by atoms with Crippen molar-refractivity contribution in [3.63, 3.8) is 0 Å². The fourth-order valence-electron chi connectivity index (χ4n) is 3.91. The van der Waals surface area contributed by atoms with Crippen molar-refractivity contribution in [2.45, 2.75) is 50.0 Å². The number of nitrogens with zero attached hydrogens (tertiary/aromatic N) is 4. The molecule has 29 heavy (non-hydrogen) atoms. The van der Waals surface area contributed by atoms with E-state index in [9.17, 15) is 10.1 Å². The number of pyridine rings is 2. The molecule has 150 valence electrons. The lowest BCUT2D eigenvalue weighted by Crippen LogP contribution is -2.30. The summed E-state index contributed by atoms with van der Waals surface area (Å²) < 4.78 is 0. The van der Waals surface area contributed by atoms with Gasteiger partial charge in [-0.2, -0.15) is 5.26 Å². The molecule has 7 heteroatoms. The summed E-state index contributed by atoms with van der Waals surface area (Å²) in [5.41, 5.74) is 3.52. The maximum absolute atomic E-state index is 12.4. The van der Waals surface area contributed by atoms with Gasteiger partial charge >= 0.3 is 0 Å². The van der Waals surface area contributed by atoms with Crippen LogP contribution in [0.1, 0.15) is 48.9 Å². The van der Waals surface area contributed by atoms with Crippen LogP contribution >= 0.6 is 11.8 Å². The molecule has 2 aromatic heterocycles. The van der Waals surface area contributed by atoms with Crippen LogP contribution in [0.15, 0.2) is 29.4 Å². The van der Waals surface area contributed by atoms with Gasteiger partial charge in [-0.1, -0.05) is 11.8 Å². The van der Waals surface area contributed by atoms with E-state index in [1.54, 1.807) is 6.20 Å². The molecule has 1 saturated heterocycles. The summed E-state index contributed by atoms with van der Waals surface area (Å²) in [6, 6.07) is 8.04. The monoisotopic (exact) mass is 407 g/mol. The molecule has 2 aliphatic rings. The van der Waals surface area contributed by atoms with Crippen LogP contribution in [0.3, 0.4) is 0 Å². The van der Waals surface area contributed by atoms with E-state index in [0.29, 0.717) is 16.3 Å². The van der Waals surface area contributed by atoms with Crippen molar-refractivity contribution in [1.29, 1.82) is 5.26 Å². The Bertz CT molecular complexity index is 916. The third-order valence-corrected chi connectivity index (χ3v) is 6.43. The molecule has 1 amide bonds. The zero-order chi connectivity index (χ0) is 20.1. The molecular weight excluding hydrogens is 382 g/mol. The van der Waals surface area contributed by atoms with Crippen molar-refractivity contribution in [2.75, 3.05) is 29.1 Å². The van der Waals surface area contributed by atoms with E-state index in [0.717, 1.165) is 50.3 Å². The van der Waals surface area contributed by atoms with Gasteiger partial charge in [0.05, 0.1) is 23.2 Å². The van der Waals surface area contributed by atoms with Gasteiger partial charge in [0.2, 0.25) is 5.91 Å². The number of nitrogens with one attached hydrogen (secondary N) is 1. The second kappa shape index (κ2) is 9.27. The van der Waals surface area contributed by atoms with Crippen LogP contribution in [-0.2, 0) is 17.6 Å². The Kier molecular flexibility index (Phi) is 6.30. The van der Waals surface area contributed by atoms with Gasteiger partial charge in [0.1, 0.15) is 16.9 Å². The summed E-state index contributed by atoms with van der Waals surface area (Å²) in [6.07, 6.45) is 9.64. The van der Waals surface area contributed by atoms with Crippen LogP contribution in [0.5, 0.6) is 0 Å². The number of fused-ring (bicyclic) bond motifs is 1. The highest BCUT2D eigenvalue weighted by molar-refractivity contribution is 8.00. The molecular formula is C22H25N5OS. The molecule has 2 aromatic rings. The fraction of sp³-hybridized carbons (Fsp3) is 0.455. The van der Waals surface area contributed by atoms with Crippen molar-refractivity contribution >= 4 is 29.2 Å². The van der Waals surface area contributed by atoms with Crippen molar-refractivity contribution in [2.24, 2.45) is 0 Å². The first-order chi connectivity index (χ1) is 14.2. The topological polar surface area (TPSA) is 81.9 Å². The van der Waals surface area contributed by atoms with E-state index >= 15 is 0 Å². The molecule has 1 aliphatic carbocycles. The number of piperidine rings is 1. The van der Waals surface area contributed by atoms with Crippen molar-refractivity contribution < 1.29 is 4.79 Å². The molecule has 0 bridgehead atoms. The predicted octanol–water partition coefficient (Wildman–Crippen LogP) is 3.95. The Labute approximate surface area is 175 Å². The Morgan fingerprint density at radius 2 is 2.00 bits per heavy atom. The van der Waals surface area contributed by atoms with Gasteiger partial charge < -0.3 is 10.2 Å². The summed E-state index contributed by atoms with van der Waals surface area (Å²) in [7, 11) is 0. The van der Waals surface area contributed by atoms with Gasteiger partial charge in [0.15, 0.2) is 0 Å². The van der Waals surface area contributed by atoms with Gasteiger partial charge in [-0.25, -0.2) is 9.97 Å². The van der Waals surface area contributed by atoms with E-state index in [-0.39, 0.29) is 11.7 Å². The SMILES string of the molecule is N#Cc1cc2c(nc1SCC(=O)Nc1ccc(N3CCCCC3)nc1)CCCC2. The number of hydrogen-bond acceptors (Lipinski definition) is 6. The number of aromatic nitrogens is 2. The summed E-state index contributed by atoms with van der Waals surface area (Å²) >= 11 is 1.32. The highest BCUT2D eigenvalue weighted by Gasteiger charge is 2.17. The quantitative estimate of drug-likeness (QED) is 0.756. The molecule has 0 saturated carbocycles. The molecule has 4 rings (SSSR count). The summed E-state index contributed by atoms with van der Waals surface area (Å²) in [6.45, 7) is 2.09. The Morgan fingerprint density at radius 1 is 1.17 bits per heavy atom. The van der Waals surface area contributed by atoms with Crippen LogP contribution < -0.4 is 10.2 Å². The predicted molar refractivity (Wildman–Crippen MR) is 115 cm³/mol. The highest BCUT2D eigenvalue weighted by atomic mass is 32.2. The summed E-state index contributed by atoms with van der Waals surface area (Å²) in [4.78, 5) is 23.8. The fourth-order valence-corrected chi connectivity index (χ4v) is 4.68. The lowest BCUT2D eigenvalue weighted by Gasteiger charge is -2.27. The van der Waals surface area contributed by atoms with Gasteiger partial charge in [0.25, 0.3) is 0 Å². The first kappa shape index (κ1) is 19.7. The van der Waals surface area contributed by atoms with Gasteiger partial charge in [0, 0.05) is 18.8 Å². The molecule has 0 unspecified atom stereocenters. The van der Waals surface area contributed by atoms with E-state index in [4.69, 9.17) is 0 Å². The van der Waals surface area contributed by atoms with E-state index in [1.807, 2.05) is 18.2 Å². The average molecular weight is 408 g/mol. The molecule has 1 fully saturated rings. The smallest absolute Gasteiger partial charge is 0.234 e. The van der Waals surface area contributed by atoms with Crippen molar-refractivity contribution in [3.05, 3.63) is 41.2 Å². The van der Waals surface area contributed by atoms with Crippen LogP contribution in [0.2, 0.25) is 0 Å². The first-order valence-electron chi connectivity index (χ1n) is 10.3. The zero-order valence-corrected chi connectivity index (χ0v) is 17.3. The van der Waals surface area contributed by atoms with E-state index in [2.05, 4.69) is 26.3 Å². The number of aryl methyl sites for hydroxylation is 2. The van der Waals surface area contributed by atoms with Crippen LogP contribution in [0, 0.1) is 11.3 Å². The average Bonchev–Trinajstić information content (AvgIpc) is 2.78. The minimum Gasteiger partial charge on any atom is -0.357 e.